The number of rotatable bonds is 5. The van der Waals surface area contributed by atoms with Gasteiger partial charge in [0.25, 0.3) is 0 Å². The van der Waals surface area contributed by atoms with Crippen molar-refractivity contribution in [3.05, 3.63) is 84.4 Å². The zero-order valence-corrected chi connectivity index (χ0v) is 18.6. The Labute approximate surface area is 196 Å². The van der Waals surface area contributed by atoms with Crippen LogP contribution in [0.1, 0.15) is 18.4 Å². The first kappa shape index (κ1) is 20.2. The summed E-state index contributed by atoms with van der Waals surface area (Å²) in [5.41, 5.74) is 4.77. The highest BCUT2D eigenvalue weighted by Crippen LogP contribution is 2.37. The van der Waals surface area contributed by atoms with Gasteiger partial charge in [0, 0.05) is 41.5 Å². The number of hydrogen-bond acceptors (Lipinski definition) is 7. The number of allylic oxidation sites excluding steroid dienone is 4. The van der Waals surface area contributed by atoms with Gasteiger partial charge in [-0.3, -0.25) is 4.98 Å². The average molecular weight is 450 g/mol. The largest absolute Gasteiger partial charge is 0.501 e. The standard InChI is InChI=1S/C27H22N4O3/c1-32-21-6-2-4-17(12-21)18-7-9-23-22(13-18)27(31-26(30-23)19-5-3-11-28-15-19)29-20-8-10-24-25(14-20)34-16-33-24/h3-5,7-15H,2,6,16H2,1H3,(H,29,30,31). The minimum atomic E-state index is 0.232. The van der Waals surface area contributed by atoms with Crippen LogP contribution in [0, 0.1) is 0 Å². The third-order valence-electron chi connectivity index (χ3n) is 5.92. The number of pyridine rings is 1. The van der Waals surface area contributed by atoms with Crippen LogP contribution in [0.25, 0.3) is 27.9 Å². The van der Waals surface area contributed by atoms with Crippen LogP contribution >= 0.6 is 0 Å². The van der Waals surface area contributed by atoms with Gasteiger partial charge in [0.05, 0.1) is 18.4 Å². The maximum absolute atomic E-state index is 5.55. The molecule has 34 heavy (non-hydrogen) atoms. The second-order valence-electron chi connectivity index (χ2n) is 8.08. The van der Waals surface area contributed by atoms with E-state index in [1.807, 2.05) is 36.4 Å². The van der Waals surface area contributed by atoms with Crippen molar-refractivity contribution in [2.75, 3.05) is 19.2 Å². The van der Waals surface area contributed by atoms with Gasteiger partial charge in [-0.15, -0.1) is 0 Å². The summed E-state index contributed by atoms with van der Waals surface area (Å²) >= 11 is 0. The number of anilines is 2. The topological polar surface area (TPSA) is 78.4 Å². The molecule has 0 atom stereocenters. The first-order valence-electron chi connectivity index (χ1n) is 11.1. The summed E-state index contributed by atoms with van der Waals surface area (Å²) in [5.74, 6) is 3.74. The van der Waals surface area contributed by atoms with Crippen molar-refractivity contribution in [3.63, 3.8) is 0 Å². The van der Waals surface area contributed by atoms with Crippen molar-refractivity contribution in [1.29, 1.82) is 0 Å². The van der Waals surface area contributed by atoms with E-state index < -0.39 is 0 Å². The lowest BCUT2D eigenvalue weighted by molar-refractivity contribution is 0.174. The van der Waals surface area contributed by atoms with Gasteiger partial charge in [-0.1, -0.05) is 12.1 Å². The highest BCUT2D eigenvalue weighted by Gasteiger charge is 2.16. The Hall–Kier alpha value is -4.39. The normalized spacial score (nSPS) is 14.5. The lowest BCUT2D eigenvalue weighted by Crippen LogP contribution is -2.01. The van der Waals surface area contributed by atoms with E-state index >= 15 is 0 Å². The van der Waals surface area contributed by atoms with Gasteiger partial charge in [0.1, 0.15) is 5.82 Å². The van der Waals surface area contributed by atoms with Crippen LogP contribution in [-0.4, -0.2) is 28.9 Å². The molecule has 1 aliphatic carbocycles. The van der Waals surface area contributed by atoms with Crippen molar-refractivity contribution in [3.8, 4) is 22.9 Å². The van der Waals surface area contributed by atoms with E-state index in [9.17, 15) is 0 Å². The number of hydrogen-bond donors (Lipinski definition) is 1. The highest BCUT2D eigenvalue weighted by atomic mass is 16.7. The van der Waals surface area contributed by atoms with Crippen molar-refractivity contribution < 1.29 is 14.2 Å². The molecular formula is C27H22N4O3. The Kier molecular flexibility index (Phi) is 5.07. The Morgan fingerprint density at radius 2 is 1.91 bits per heavy atom. The first-order valence-corrected chi connectivity index (χ1v) is 11.1. The molecule has 7 nitrogen and oxygen atoms in total. The summed E-state index contributed by atoms with van der Waals surface area (Å²) in [6.45, 7) is 0.232. The first-order chi connectivity index (χ1) is 16.8. The van der Waals surface area contributed by atoms with E-state index in [-0.39, 0.29) is 6.79 Å². The van der Waals surface area contributed by atoms with Gasteiger partial charge in [-0.25, -0.2) is 9.97 Å². The minimum absolute atomic E-state index is 0.232. The maximum Gasteiger partial charge on any atom is 0.231 e. The van der Waals surface area contributed by atoms with E-state index in [0.29, 0.717) is 17.4 Å². The van der Waals surface area contributed by atoms with Gasteiger partial charge < -0.3 is 19.5 Å². The quantitative estimate of drug-likeness (QED) is 0.407. The molecule has 2 aliphatic rings. The third-order valence-corrected chi connectivity index (χ3v) is 5.92. The molecule has 0 unspecified atom stereocenters. The summed E-state index contributed by atoms with van der Waals surface area (Å²) in [6.07, 6.45) is 9.71. The number of benzene rings is 2. The van der Waals surface area contributed by atoms with Gasteiger partial charge in [0.2, 0.25) is 6.79 Å². The molecule has 0 fully saturated rings. The molecule has 0 spiro atoms. The maximum atomic E-state index is 5.55. The smallest absolute Gasteiger partial charge is 0.231 e. The average Bonchev–Trinajstić information content (AvgIpc) is 3.37. The predicted molar refractivity (Wildman–Crippen MR) is 131 cm³/mol. The summed E-state index contributed by atoms with van der Waals surface area (Å²) in [4.78, 5) is 13.9. The number of methoxy groups -OCH3 is 1. The molecule has 168 valence electrons. The lowest BCUT2D eigenvalue weighted by Gasteiger charge is -2.15. The molecule has 1 aliphatic heterocycles. The summed E-state index contributed by atoms with van der Waals surface area (Å²) in [6, 6.07) is 15.8. The number of fused-ring (bicyclic) bond motifs is 2. The SMILES string of the molecule is COC1=CC(c2ccc3nc(-c4cccnc4)nc(Nc4ccc5c(c4)OCO5)c3c2)=CCC1. The predicted octanol–water partition coefficient (Wildman–Crippen LogP) is 5.87. The van der Waals surface area contributed by atoms with Crippen molar-refractivity contribution in [2.24, 2.45) is 0 Å². The van der Waals surface area contributed by atoms with Gasteiger partial charge in [-0.2, -0.15) is 0 Å². The zero-order valence-electron chi connectivity index (χ0n) is 18.6. The van der Waals surface area contributed by atoms with Crippen LogP contribution in [-0.2, 0) is 4.74 Å². The number of nitrogens with one attached hydrogen (secondary N) is 1. The summed E-state index contributed by atoms with van der Waals surface area (Å²) in [5, 5.41) is 4.39. The molecular weight excluding hydrogens is 428 g/mol. The van der Waals surface area contributed by atoms with E-state index in [4.69, 9.17) is 24.2 Å². The lowest BCUT2D eigenvalue weighted by atomic mass is 9.97. The second kappa shape index (κ2) is 8.51. The number of nitrogens with zero attached hydrogens (tertiary/aromatic N) is 3. The van der Waals surface area contributed by atoms with Crippen LogP contribution < -0.4 is 14.8 Å². The fraction of sp³-hybridized carbons (Fsp3) is 0.148. The number of ether oxygens (including phenoxy) is 3. The van der Waals surface area contributed by atoms with Crippen LogP contribution in [0.5, 0.6) is 11.5 Å². The van der Waals surface area contributed by atoms with Crippen LogP contribution in [0.3, 0.4) is 0 Å². The molecule has 2 aromatic heterocycles. The third kappa shape index (κ3) is 3.81. The molecule has 0 saturated carbocycles. The van der Waals surface area contributed by atoms with Crippen LogP contribution in [0.15, 0.2) is 78.8 Å². The fourth-order valence-electron chi connectivity index (χ4n) is 4.18. The number of aromatic nitrogens is 3. The Morgan fingerprint density at radius 1 is 0.971 bits per heavy atom. The molecule has 7 heteroatoms. The molecule has 6 rings (SSSR count). The van der Waals surface area contributed by atoms with Gasteiger partial charge in [-0.05, 0) is 60.0 Å². The van der Waals surface area contributed by atoms with E-state index in [2.05, 4.69) is 34.6 Å². The van der Waals surface area contributed by atoms with E-state index in [0.717, 1.165) is 57.6 Å². The Balaban J connectivity index is 1.47. The molecule has 4 aromatic rings. The van der Waals surface area contributed by atoms with Crippen molar-refractivity contribution in [1.82, 2.24) is 15.0 Å². The zero-order chi connectivity index (χ0) is 22.9. The monoisotopic (exact) mass is 450 g/mol. The van der Waals surface area contributed by atoms with Crippen LogP contribution in [0.2, 0.25) is 0 Å². The summed E-state index contributed by atoms with van der Waals surface area (Å²) < 4.78 is 16.5. The van der Waals surface area contributed by atoms with Gasteiger partial charge in [0.15, 0.2) is 17.3 Å². The molecule has 0 saturated heterocycles. The molecule has 2 aromatic carbocycles. The molecule has 3 heterocycles. The molecule has 0 amide bonds. The van der Waals surface area contributed by atoms with Crippen LogP contribution in [0.4, 0.5) is 11.5 Å². The van der Waals surface area contributed by atoms with Crippen molar-refractivity contribution >= 4 is 28.0 Å². The van der Waals surface area contributed by atoms with E-state index in [1.54, 1.807) is 19.5 Å². The fourth-order valence-corrected chi connectivity index (χ4v) is 4.18. The molecule has 1 N–H and O–H groups in total. The highest BCUT2D eigenvalue weighted by molar-refractivity contribution is 5.95. The van der Waals surface area contributed by atoms with E-state index in [1.165, 1.54) is 0 Å². The minimum Gasteiger partial charge on any atom is -0.501 e. The van der Waals surface area contributed by atoms with Gasteiger partial charge >= 0.3 is 0 Å². The summed E-state index contributed by atoms with van der Waals surface area (Å²) in [7, 11) is 1.72. The molecule has 0 radical (unpaired) electrons. The molecule has 0 bridgehead atoms. The Bertz CT molecular complexity index is 1450. The second-order valence-corrected chi connectivity index (χ2v) is 8.08. The Morgan fingerprint density at radius 3 is 2.79 bits per heavy atom. The van der Waals surface area contributed by atoms with Crippen molar-refractivity contribution in [2.45, 2.75) is 12.8 Å².